The van der Waals surface area contributed by atoms with Crippen molar-refractivity contribution >= 4 is 39.7 Å². The van der Waals surface area contributed by atoms with Gasteiger partial charge in [0.2, 0.25) is 17.7 Å². The van der Waals surface area contributed by atoms with Crippen LogP contribution in [0.1, 0.15) is 24.8 Å². The largest absolute Gasteiger partial charge is 0.356 e. The molecule has 0 aromatic heterocycles. The van der Waals surface area contributed by atoms with Crippen LogP contribution in [0.3, 0.4) is 0 Å². The third-order valence-corrected chi connectivity index (χ3v) is 3.83. The summed E-state index contributed by atoms with van der Waals surface area (Å²) in [7, 11) is 0. The normalized spacial score (nSPS) is 15.9. The van der Waals surface area contributed by atoms with Gasteiger partial charge in [0.25, 0.3) is 0 Å². The molecule has 0 atom stereocenters. The van der Waals surface area contributed by atoms with Crippen molar-refractivity contribution in [3.8, 4) is 0 Å². The molecule has 1 aromatic rings. The lowest BCUT2D eigenvalue weighted by molar-refractivity contribution is -0.140. The van der Waals surface area contributed by atoms with Crippen molar-refractivity contribution in [3.63, 3.8) is 0 Å². The predicted octanol–water partition coefficient (Wildman–Crippen LogP) is 2.02. The Hall–Kier alpha value is -1.95. The zero-order chi connectivity index (χ0) is 15.9. The van der Waals surface area contributed by atoms with E-state index < -0.39 is 5.92 Å². The van der Waals surface area contributed by atoms with Crippen molar-refractivity contribution in [2.75, 3.05) is 6.54 Å². The Balaban J connectivity index is 1.71. The minimum atomic E-state index is -0.545. The van der Waals surface area contributed by atoms with Gasteiger partial charge in [-0.15, -0.1) is 0 Å². The first kappa shape index (κ1) is 16.4. The molecule has 22 heavy (non-hydrogen) atoms. The molecule has 1 heterocycles. The summed E-state index contributed by atoms with van der Waals surface area (Å²) in [6.45, 7) is 0.484. The summed E-state index contributed by atoms with van der Waals surface area (Å²) in [6.07, 6.45) is 4.80. The molecular formula is C16H17BrN2O3. The molecule has 3 amide bonds. The van der Waals surface area contributed by atoms with Gasteiger partial charge < -0.3 is 5.32 Å². The summed E-state index contributed by atoms with van der Waals surface area (Å²) in [5, 5.41) is 4.95. The number of nitrogens with one attached hydrogen (secondary N) is 2. The summed E-state index contributed by atoms with van der Waals surface area (Å²) in [5.41, 5.74) is 1.09. The third-order valence-electron chi connectivity index (χ3n) is 3.30. The Kier molecular flexibility index (Phi) is 5.89. The second-order valence-electron chi connectivity index (χ2n) is 5.11. The SMILES string of the molecule is O=C1CC(C(=O)NCC/C=C/c2ccc(Br)cc2)CC(=O)N1. The number of hydrogen-bond acceptors (Lipinski definition) is 3. The fourth-order valence-electron chi connectivity index (χ4n) is 2.18. The highest BCUT2D eigenvalue weighted by Gasteiger charge is 2.29. The van der Waals surface area contributed by atoms with Gasteiger partial charge in [0, 0.05) is 23.9 Å². The average molecular weight is 365 g/mol. The summed E-state index contributed by atoms with van der Waals surface area (Å²) < 4.78 is 1.03. The molecule has 0 unspecified atom stereocenters. The van der Waals surface area contributed by atoms with Gasteiger partial charge in [-0.2, -0.15) is 0 Å². The molecule has 6 heteroatoms. The third kappa shape index (κ3) is 5.11. The molecule has 0 saturated carbocycles. The molecular weight excluding hydrogens is 348 g/mol. The maximum Gasteiger partial charge on any atom is 0.227 e. The highest BCUT2D eigenvalue weighted by Crippen LogP contribution is 2.14. The number of hydrogen-bond donors (Lipinski definition) is 2. The van der Waals surface area contributed by atoms with Crippen molar-refractivity contribution in [3.05, 3.63) is 40.4 Å². The van der Waals surface area contributed by atoms with E-state index in [9.17, 15) is 14.4 Å². The summed E-state index contributed by atoms with van der Waals surface area (Å²) in [4.78, 5) is 34.3. The Labute approximate surface area is 137 Å². The van der Waals surface area contributed by atoms with Gasteiger partial charge in [-0.1, -0.05) is 40.2 Å². The number of halogens is 1. The van der Waals surface area contributed by atoms with Gasteiger partial charge in [-0.05, 0) is 24.1 Å². The van der Waals surface area contributed by atoms with E-state index in [2.05, 4.69) is 26.6 Å². The molecule has 116 valence electrons. The first-order valence-electron chi connectivity index (χ1n) is 7.07. The van der Waals surface area contributed by atoms with E-state index in [1.165, 1.54) is 0 Å². The number of piperidine rings is 1. The number of carbonyl (C=O) groups excluding carboxylic acids is 3. The number of imide groups is 1. The van der Waals surface area contributed by atoms with E-state index in [1.807, 2.05) is 36.4 Å². The van der Waals surface area contributed by atoms with E-state index >= 15 is 0 Å². The predicted molar refractivity (Wildman–Crippen MR) is 86.7 cm³/mol. The first-order valence-corrected chi connectivity index (χ1v) is 7.86. The minimum Gasteiger partial charge on any atom is -0.356 e. The highest BCUT2D eigenvalue weighted by atomic mass is 79.9. The second kappa shape index (κ2) is 7.89. The zero-order valence-electron chi connectivity index (χ0n) is 12.0. The van der Waals surface area contributed by atoms with Crippen molar-refractivity contribution in [2.45, 2.75) is 19.3 Å². The lowest BCUT2D eigenvalue weighted by Gasteiger charge is -2.19. The lowest BCUT2D eigenvalue weighted by Crippen LogP contribution is -2.44. The Morgan fingerprint density at radius 2 is 1.86 bits per heavy atom. The molecule has 1 saturated heterocycles. The second-order valence-corrected chi connectivity index (χ2v) is 6.03. The molecule has 1 fully saturated rings. The molecule has 1 aliphatic heterocycles. The van der Waals surface area contributed by atoms with Gasteiger partial charge in [-0.25, -0.2) is 0 Å². The van der Waals surface area contributed by atoms with E-state index in [4.69, 9.17) is 0 Å². The van der Waals surface area contributed by atoms with Crippen LogP contribution in [-0.4, -0.2) is 24.3 Å². The summed E-state index contributed by atoms with van der Waals surface area (Å²) in [6, 6.07) is 7.91. The molecule has 0 spiro atoms. The van der Waals surface area contributed by atoms with Gasteiger partial charge in [0.15, 0.2) is 0 Å². The smallest absolute Gasteiger partial charge is 0.227 e. The lowest BCUT2D eigenvalue weighted by atomic mass is 9.96. The molecule has 0 bridgehead atoms. The van der Waals surface area contributed by atoms with Crippen molar-refractivity contribution < 1.29 is 14.4 Å². The number of carbonyl (C=O) groups is 3. The van der Waals surface area contributed by atoms with Crippen LogP contribution in [0.25, 0.3) is 6.08 Å². The quantitative estimate of drug-likeness (QED) is 0.619. The van der Waals surface area contributed by atoms with E-state index in [1.54, 1.807) is 0 Å². The summed E-state index contributed by atoms with van der Waals surface area (Å²) in [5.74, 6) is -1.55. The van der Waals surface area contributed by atoms with E-state index in [0.29, 0.717) is 13.0 Å². The van der Waals surface area contributed by atoms with Crippen LogP contribution in [0.2, 0.25) is 0 Å². The number of rotatable bonds is 5. The van der Waals surface area contributed by atoms with Crippen molar-refractivity contribution in [1.29, 1.82) is 0 Å². The topological polar surface area (TPSA) is 75.3 Å². The molecule has 1 aromatic carbocycles. The zero-order valence-corrected chi connectivity index (χ0v) is 13.6. The number of benzene rings is 1. The van der Waals surface area contributed by atoms with Crippen LogP contribution in [0.5, 0.6) is 0 Å². The molecule has 1 aliphatic rings. The standard InChI is InChI=1S/C16H17BrN2O3/c17-13-6-4-11(5-7-13)3-1-2-8-18-16(22)12-9-14(20)19-15(21)10-12/h1,3-7,12H,2,8-10H2,(H,18,22)(H,19,20,21)/b3-1+. The van der Waals surface area contributed by atoms with Gasteiger partial charge in [0.05, 0.1) is 5.92 Å². The molecule has 5 nitrogen and oxygen atoms in total. The van der Waals surface area contributed by atoms with Gasteiger partial charge in [-0.3, -0.25) is 19.7 Å². The van der Waals surface area contributed by atoms with Crippen LogP contribution in [-0.2, 0) is 14.4 Å². The highest BCUT2D eigenvalue weighted by molar-refractivity contribution is 9.10. The minimum absolute atomic E-state index is 0.0757. The van der Waals surface area contributed by atoms with Gasteiger partial charge >= 0.3 is 0 Å². The Morgan fingerprint density at radius 3 is 2.50 bits per heavy atom. The Bertz CT molecular complexity index is 580. The first-order chi connectivity index (χ1) is 10.5. The maximum absolute atomic E-state index is 11.9. The molecule has 0 radical (unpaired) electrons. The van der Waals surface area contributed by atoms with Crippen molar-refractivity contribution in [1.82, 2.24) is 10.6 Å². The molecule has 0 aliphatic carbocycles. The van der Waals surface area contributed by atoms with Crippen LogP contribution in [0.15, 0.2) is 34.8 Å². The fourth-order valence-corrected chi connectivity index (χ4v) is 2.44. The van der Waals surface area contributed by atoms with E-state index in [0.717, 1.165) is 10.0 Å². The van der Waals surface area contributed by atoms with E-state index in [-0.39, 0.29) is 30.6 Å². The molecule has 2 rings (SSSR count). The van der Waals surface area contributed by atoms with Crippen LogP contribution in [0.4, 0.5) is 0 Å². The monoisotopic (exact) mass is 364 g/mol. The van der Waals surface area contributed by atoms with Crippen LogP contribution >= 0.6 is 15.9 Å². The molecule has 2 N–H and O–H groups in total. The fraction of sp³-hybridized carbons (Fsp3) is 0.312. The van der Waals surface area contributed by atoms with Gasteiger partial charge in [0.1, 0.15) is 0 Å². The van der Waals surface area contributed by atoms with Crippen LogP contribution in [0, 0.1) is 5.92 Å². The number of amides is 3. The summed E-state index contributed by atoms with van der Waals surface area (Å²) >= 11 is 3.38. The van der Waals surface area contributed by atoms with Crippen LogP contribution < -0.4 is 10.6 Å². The maximum atomic E-state index is 11.9. The Morgan fingerprint density at radius 1 is 1.23 bits per heavy atom. The average Bonchev–Trinajstić information content (AvgIpc) is 2.47. The van der Waals surface area contributed by atoms with Crippen molar-refractivity contribution in [2.24, 2.45) is 5.92 Å².